The number of rotatable bonds is 5. The van der Waals surface area contributed by atoms with Gasteiger partial charge in [0, 0.05) is 29.0 Å². The molecule has 25 heavy (non-hydrogen) atoms. The highest BCUT2D eigenvalue weighted by Crippen LogP contribution is 2.23. The van der Waals surface area contributed by atoms with Gasteiger partial charge in [-0.05, 0) is 43.3 Å². The topological polar surface area (TPSA) is 58.1 Å². The normalized spacial score (nSPS) is 10.3. The molecule has 0 bridgehead atoms. The number of benzene rings is 2. The van der Waals surface area contributed by atoms with E-state index in [9.17, 15) is 4.79 Å². The maximum absolute atomic E-state index is 12.4. The second-order valence-corrected chi connectivity index (χ2v) is 5.74. The summed E-state index contributed by atoms with van der Waals surface area (Å²) < 4.78 is 0. The molecule has 0 atom stereocenters. The Hall–Kier alpha value is -2.92. The summed E-state index contributed by atoms with van der Waals surface area (Å²) in [5, 5.41) is 3.42. The number of halogens is 1. The molecule has 6 heteroatoms. The molecule has 1 heterocycles. The number of nitrogens with zero attached hydrogens (tertiary/aromatic N) is 3. The van der Waals surface area contributed by atoms with Crippen LogP contribution in [-0.4, -0.2) is 22.4 Å². The van der Waals surface area contributed by atoms with E-state index in [2.05, 4.69) is 15.3 Å². The van der Waals surface area contributed by atoms with Crippen molar-refractivity contribution >= 4 is 34.7 Å². The molecule has 5 nitrogen and oxygen atoms in total. The minimum Gasteiger partial charge on any atom is -0.327 e. The number of para-hydroxylation sites is 1. The fourth-order valence-corrected chi connectivity index (χ4v) is 2.56. The van der Waals surface area contributed by atoms with Gasteiger partial charge in [0.15, 0.2) is 0 Å². The first kappa shape index (κ1) is 16.9. The van der Waals surface area contributed by atoms with E-state index < -0.39 is 0 Å². The third-order valence-electron chi connectivity index (χ3n) is 3.65. The molecule has 126 valence electrons. The largest absolute Gasteiger partial charge is 0.327 e. The molecule has 3 aromatic rings. The highest BCUT2D eigenvalue weighted by atomic mass is 35.5. The Morgan fingerprint density at radius 1 is 1.08 bits per heavy atom. The predicted octanol–water partition coefficient (Wildman–Crippen LogP) is 4.54. The summed E-state index contributed by atoms with van der Waals surface area (Å²) in [4.78, 5) is 22.9. The van der Waals surface area contributed by atoms with E-state index in [4.69, 9.17) is 11.6 Å². The minimum absolute atomic E-state index is 0.296. The van der Waals surface area contributed by atoms with Crippen molar-refractivity contribution in [3.8, 4) is 0 Å². The average Bonchev–Trinajstić information content (AvgIpc) is 2.65. The van der Waals surface area contributed by atoms with Gasteiger partial charge in [0.2, 0.25) is 0 Å². The van der Waals surface area contributed by atoms with Gasteiger partial charge in [-0.25, -0.2) is 9.97 Å². The van der Waals surface area contributed by atoms with Crippen LogP contribution in [0.1, 0.15) is 17.4 Å². The molecule has 0 saturated carbocycles. The molecule has 0 saturated heterocycles. The molecule has 0 aliphatic heterocycles. The number of amides is 1. The van der Waals surface area contributed by atoms with Gasteiger partial charge in [-0.3, -0.25) is 4.79 Å². The van der Waals surface area contributed by atoms with Crippen molar-refractivity contribution in [1.82, 2.24) is 9.97 Å². The first-order valence-corrected chi connectivity index (χ1v) is 8.26. The third kappa shape index (κ3) is 4.14. The molecule has 0 fully saturated rings. The Balaban J connectivity index is 1.83. The smallest absolute Gasteiger partial charge is 0.274 e. The van der Waals surface area contributed by atoms with Crippen molar-refractivity contribution < 1.29 is 4.79 Å². The van der Waals surface area contributed by atoms with Crippen LogP contribution in [-0.2, 0) is 0 Å². The molecule has 1 aromatic heterocycles. The van der Waals surface area contributed by atoms with Gasteiger partial charge < -0.3 is 10.2 Å². The Bertz CT molecular complexity index is 853. The zero-order valence-electron chi connectivity index (χ0n) is 13.7. The summed E-state index contributed by atoms with van der Waals surface area (Å²) in [5.74, 6) is 0.375. The Kier molecular flexibility index (Phi) is 5.26. The van der Waals surface area contributed by atoms with E-state index in [1.165, 1.54) is 6.33 Å². The van der Waals surface area contributed by atoms with Gasteiger partial charge >= 0.3 is 0 Å². The molecule has 0 unspecified atom stereocenters. The van der Waals surface area contributed by atoms with Crippen LogP contribution in [0.2, 0.25) is 5.02 Å². The van der Waals surface area contributed by atoms with Crippen LogP contribution < -0.4 is 10.2 Å². The van der Waals surface area contributed by atoms with E-state index in [1.54, 1.807) is 30.3 Å². The number of carbonyl (C=O) groups is 1. The number of hydrogen-bond acceptors (Lipinski definition) is 4. The maximum atomic E-state index is 12.4. The van der Waals surface area contributed by atoms with Gasteiger partial charge in [-0.1, -0.05) is 29.8 Å². The summed E-state index contributed by atoms with van der Waals surface area (Å²) in [6.07, 6.45) is 1.40. The summed E-state index contributed by atoms with van der Waals surface area (Å²) in [6.45, 7) is 2.75. The zero-order valence-corrected chi connectivity index (χ0v) is 14.4. The summed E-state index contributed by atoms with van der Waals surface area (Å²) in [7, 11) is 0. The number of aromatic nitrogens is 2. The standard InChI is InChI=1S/C19H17ClN4O/c1-2-24(16-6-4-3-5-7-16)18-12-17(21-13-22-18)19(25)23-15-10-8-14(20)9-11-15/h3-13H,2H2,1H3,(H,23,25). The van der Waals surface area contributed by atoms with Gasteiger partial charge in [0.05, 0.1) is 0 Å². The first-order chi connectivity index (χ1) is 12.2. The Labute approximate surface area is 151 Å². The van der Waals surface area contributed by atoms with Crippen molar-refractivity contribution in [3.05, 3.63) is 77.7 Å². The van der Waals surface area contributed by atoms with Crippen molar-refractivity contribution in [2.75, 3.05) is 16.8 Å². The van der Waals surface area contributed by atoms with Crippen LogP contribution in [0.3, 0.4) is 0 Å². The van der Waals surface area contributed by atoms with Crippen LogP contribution >= 0.6 is 11.6 Å². The highest BCUT2D eigenvalue weighted by Gasteiger charge is 2.13. The molecular formula is C19H17ClN4O. The second kappa shape index (κ2) is 7.77. The Morgan fingerprint density at radius 2 is 1.80 bits per heavy atom. The molecule has 0 aliphatic carbocycles. The monoisotopic (exact) mass is 352 g/mol. The highest BCUT2D eigenvalue weighted by molar-refractivity contribution is 6.30. The molecule has 0 radical (unpaired) electrons. The molecule has 2 aromatic carbocycles. The molecule has 1 N–H and O–H groups in total. The van der Waals surface area contributed by atoms with E-state index in [0.717, 1.165) is 12.2 Å². The molecule has 0 aliphatic rings. The van der Waals surface area contributed by atoms with Crippen molar-refractivity contribution in [1.29, 1.82) is 0 Å². The van der Waals surface area contributed by atoms with Gasteiger partial charge in [0.1, 0.15) is 17.8 Å². The number of nitrogens with one attached hydrogen (secondary N) is 1. The second-order valence-electron chi connectivity index (χ2n) is 5.30. The van der Waals surface area contributed by atoms with Crippen LogP contribution in [0.4, 0.5) is 17.2 Å². The van der Waals surface area contributed by atoms with Gasteiger partial charge in [-0.2, -0.15) is 0 Å². The SMILES string of the molecule is CCN(c1ccccc1)c1cc(C(=O)Nc2ccc(Cl)cc2)ncn1. The molecule has 1 amide bonds. The fourth-order valence-electron chi connectivity index (χ4n) is 2.43. The number of hydrogen-bond donors (Lipinski definition) is 1. The van der Waals surface area contributed by atoms with Crippen molar-refractivity contribution in [3.63, 3.8) is 0 Å². The molecule has 0 spiro atoms. The molecule has 3 rings (SSSR count). The number of anilines is 3. The van der Waals surface area contributed by atoms with Gasteiger partial charge in [0.25, 0.3) is 5.91 Å². The third-order valence-corrected chi connectivity index (χ3v) is 3.90. The molecular weight excluding hydrogens is 336 g/mol. The van der Waals surface area contributed by atoms with Crippen molar-refractivity contribution in [2.45, 2.75) is 6.92 Å². The minimum atomic E-state index is -0.296. The van der Waals surface area contributed by atoms with E-state index in [0.29, 0.717) is 22.2 Å². The van der Waals surface area contributed by atoms with Crippen molar-refractivity contribution in [2.24, 2.45) is 0 Å². The van der Waals surface area contributed by atoms with Crippen LogP contribution in [0.5, 0.6) is 0 Å². The lowest BCUT2D eigenvalue weighted by Crippen LogP contribution is -2.20. The van der Waals surface area contributed by atoms with Crippen LogP contribution in [0.25, 0.3) is 0 Å². The van der Waals surface area contributed by atoms with Crippen LogP contribution in [0, 0.1) is 0 Å². The lowest BCUT2D eigenvalue weighted by molar-refractivity contribution is 0.102. The van der Waals surface area contributed by atoms with E-state index in [-0.39, 0.29) is 5.91 Å². The lowest BCUT2D eigenvalue weighted by Gasteiger charge is -2.22. The zero-order chi connectivity index (χ0) is 17.6. The predicted molar refractivity (Wildman–Crippen MR) is 101 cm³/mol. The quantitative estimate of drug-likeness (QED) is 0.732. The summed E-state index contributed by atoms with van der Waals surface area (Å²) >= 11 is 5.86. The summed E-state index contributed by atoms with van der Waals surface area (Å²) in [5.41, 5.74) is 1.96. The number of carbonyl (C=O) groups excluding carboxylic acids is 1. The Morgan fingerprint density at radius 3 is 2.48 bits per heavy atom. The summed E-state index contributed by atoms with van der Waals surface area (Å²) in [6, 6.07) is 18.5. The van der Waals surface area contributed by atoms with Gasteiger partial charge in [-0.15, -0.1) is 0 Å². The lowest BCUT2D eigenvalue weighted by atomic mass is 10.2. The van der Waals surface area contributed by atoms with Crippen LogP contribution in [0.15, 0.2) is 67.0 Å². The van der Waals surface area contributed by atoms with E-state index in [1.807, 2.05) is 42.2 Å². The fraction of sp³-hybridized carbons (Fsp3) is 0.105. The first-order valence-electron chi connectivity index (χ1n) is 7.89. The maximum Gasteiger partial charge on any atom is 0.274 e. The average molecular weight is 353 g/mol. The van der Waals surface area contributed by atoms with E-state index >= 15 is 0 Å².